The lowest BCUT2D eigenvalue weighted by atomic mass is 9.83. The maximum absolute atomic E-state index is 12.6. The van der Waals surface area contributed by atoms with E-state index in [9.17, 15) is 4.79 Å². The fourth-order valence-corrected chi connectivity index (χ4v) is 3.30. The van der Waals surface area contributed by atoms with Gasteiger partial charge in [-0.25, -0.2) is 0 Å². The van der Waals surface area contributed by atoms with E-state index in [1.165, 1.54) is 11.1 Å². The maximum atomic E-state index is 12.6. The molecule has 1 N–H and O–H groups in total. The second-order valence-electron chi connectivity index (χ2n) is 5.85. The molecule has 3 heteroatoms. The van der Waals surface area contributed by atoms with Gasteiger partial charge in [0, 0.05) is 31.6 Å². The van der Waals surface area contributed by atoms with Crippen molar-refractivity contribution < 1.29 is 4.79 Å². The van der Waals surface area contributed by atoms with Crippen LogP contribution in [-0.2, 0) is 17.6 Å². The quantitative estimate of drug-likeness (QED) is 0.830. The Kier molecular flexibility index (Phi) is 3.56. The van der Waals surface area contributed by atoms with Gasteiger partial charge in [-0.1, -0.05) is 24.3 Å². The van der Waals surface area contributed by atoms with Crippen LogP contribution in [0.4, 0.5) is 0 Å². The molecule has 102 valence electrons. The summed E-state index contributed by atoms with van der Waals surface area (Å²) in [6, 6.07) is 8.98. The number of aryl methyl sites for hydroxylation is 1. The average molecular weight is 258 g/mol. The zero-order chi connectivity index (χ0) is 13.2. The highest BCUT2D eigenvalue weighted by Crippen LogP contribution is 2.27. The van der Waals surface area contributed by atoms with E-state index in [1.807, 2.05) is 0 Å². The largest absolute Gasteiger partial charge is 0.340 e. The van der Waals surface area contributed by atoms with E-state index in [0.29, 0.717) is 11.9 Å². The van der Waals surface area contributed by atoms with Gasteiger partial charge in [0.1, 0.15) is 0 Å². The molecule has 0 radical (unpaired) electrons. The molecule has 2 atom stereocenters. The van der Waals surface area contributed by atoms with Crippen molar-refractivity contribution in [3.8, 4) is 0 Å². The van der Waals surface area contributed by atoms with E-state index >= 15 is 0 Å². The molecule has 1 fully saturated rings. The lowest BCUT2D eigenvalue weighted by Crippen LogP contribution is -2.53. The van der Waals surface area contributed by atoms with Gasteiger partial charge in [0.25, 0.3) is 0 Å². The summed E-state index contributed by atoms with van der Waals surface area (Å²) >= 11 is 0. The van der Waals surface area contributed by atoms with Crippen molar-refractivity contribution in [1.29, 1.82) is 0 Å². The van der Waals surface area contributed by atoms with E-state index in [-0.39, 0.29) is 5.92 Å². The number of carbonyl (C=O) groups is 1. The number of carbonyl (C=O) groups excluding carboxylic acids is 1. The zero-order valence-electron chi connectivity index (χ0n) is 11.6. The third kappa shape index (κ3) is 2.66. The third-order valence-corrected chi connectivity index (χ3v) is 4.38. The molecule has 0 saturated carbocycles. The Labute approximate surface area is 115 Å². The van der Waals surface area contributed by atoms with E-state index < -0.39 is 0 Å². The Hall–Kier alpha value is -1.35. The minimum atomic E-state index is 0.195. The van der Waals surface area contributed by atoms with Crippen molar-refractivity contribution in [3.05, 3.63) is 35.4 Å². The van der Waals surface area contributed by atoms with Crippen molar-refractivity contribution in [3.63, 3.8) is 0 Å². The monoisotopic (exact) mass is 258 g/mol. The number of amides is 1. The van der Waals surface area contributed by atoms with E-state index in [2.05, 4.69) is 41.4 Å². The Morgan fingerprint density at radius 3 is 2.89 bits per heavy atom. The van der Waals surface area contributed by atoms with Crippen molar-refractivity contribution >= 4 is 5.91 Å². The van der Waals surface area contributed by atoms with Crippen LogP contribution >= 0.6 is 0 Å². The minimum Gasteiger partial charge on any atom is -0.340 e. The van der Waals surface area contributed by atoms with Crippen LogP contribution in [0.2, 0.25) is 0 Å². The van der Waals surface area contributed by atoms with Crippen molar-refractivity contribution in [2.75, 3.05) is 19.6 Å². The highest BCUT2D eigenvalue weighted by atomic mass is 16.2. The molecular formula is C16H22N2O. The van der Waals surface area contributed by atoms with Crippen LogP contribution in [-0.4, -0.2) is 36.5 Å². The number of nitrogens with one attached hydrogen (secondary N) is 1. The van der Waals surface area contributed by atoms with Gasteiger partial charge in [-0.2, -0.15) is 0 Å². The molecule has 0 spiro atoms. The smallest absolute Gasteiger partial charge is 0.226 e. The molecule has 0 aromatic heterocycles. The highest BCUT2D eigenvalue weighted by Gasteiger charge is 2.29. The summed E-state index contributed by atoms with van der Waals surface area (Å²) < 4.78 is 0. The topological polar surface area (TPSA) is 32.3 Å². The van der Waals surface area contributed by atoms with Crippen LogP contribution in [0, 0.1) is 5.92 Å². The zero-order valence-corrected chi connectivity index (χ0v) is 11.6. The van der Waals surface area contributed by atoms with Crippen LogP contribution in [0.1, 0.15) is 24.5 Å². The molecule has 19 heavy (non-hydrogen) atoms. The van der Waals surface area contributed by atoms with E-state index in [4.69, 9.17) is 0 Å². The number of piperazine rings is 1. The van der Waals surface area contributed by atoms with Gasteiger partial charge in [-0.3, -0.25) is 4.79 Å². The summed E-state index contributed by atoms with van der Waals surface area (Å²) in [6.45, 7) is 4.80. The molecule has 0 bridgehead atoms. The first kappa shape index (κ1) is 12.7. The Morgan fingerprint density at radius 1 is 1.32 bits per heavy atom. The summed E-state index contributed by atoms with van der Waals surface area (Å²) in [6.07, 6.45) is 2.98. The second-order valence-corrected chi connectivity index (χ2v) is 5.85. The fraction of sp³-hybridized carbons (Fsp3) is 0.562. The molecular weight excluding hydrogens is 236 g/mol. The van der Waals surface area contributed by atoms with Crippen LogP contribution < -0.4 is 5.32 Å². The first-order valence-corrected chi connectivity index (χ1v) is 7.33. The normalized spacial score (nSPS) is 26.9. The van der Waals surface area contributed by atoms with Crippen molar-refractivity contribution in [2.45, 2.75) is 32.2 Å². The molecule has 1 aromatic rings. The number of nitrogens with zero attached hydrogens (tertiary/aromatic N) is 1. The van der Waals surface area contributed by atoms with Gasteiger partial charge >= 0.3 is 0 Å². The molecule has 1 aliphatic carbocycles. The lowest BCUT2D eigenvalue weighted by molar-refractivity contribution is -0.137. The molecule has 1 aromatic carbocycles. The Bertz CT molecular complexity index is 472. The van der Waals surface area contributed by atoms with Gasteiger partial charge in [-0.15, -0.1) is 0 Å². The molecule has 3 rings (SSSR count). The van der Waals surface area contributed by atoms with Crippen LogP contribution in [0.25, 0.3) is 0 Å². The molecule has 1 heterocycles. The highest BCUT2D eigenvalue weighted by molar-refractivity contribution is 5.79. The first-order chi connectivity index (χ1) is 9.24. The van der Waals surface area contributed by atoms with Gasteiger partial charge in [0.05, 0.1) is 0 Å². The molecule has 2 aliphatic rings. The predicted molar refractivity (Wildman–Crippen MR) is 76.0 cm³/mol. The number of hydrogen-bond acceptors (Lipinski definition) is 2. The minimum absolute atomic E-state index is 0.195. The molecule has 1 aliphatic heterocycles. The van der Waals surface area contributed by atoms with Crippen LogP contribution in [0.5, 0.6) is 0 Å². The molecule has 2 unspecified atom stereocenters. The number of benzene rings is 1. The number of rotatable bonds is 1. The third-order valence-electron chi connectivity index (χ3n) is 4.38. The SMILES string of the molecule is CC1CN(C(=O)C2CCc3ccccc3C2)CCN1. The van der Waals surface area contributed by atoms with Gasteiger partial charge in [0.2, 0.25) is 5.91 Å². The first-order valence-electron chi connectivity index (χ1n) is 7.33. The second kappa shape index (κ2) is 5.33. The van der Waals surface area contributed by atoms with Crippen LogP contribution in [0.3, 0.4) is 0 Å². The standard InChI is InChI=1S/C16H22N2O/c1-12-11-18(9-8-17-12)16(19)15-7-6-13-4-2-3-5-14(13)10-15/h2-5,12,15,17H,6-11H2,1H3. The Morgan fingerprint density at radius 2 is 2.11 bits per heavy atom. The summed E-state index contributed by atoms with van der Waals surface area (Å²) in [5, 5.41) is 3.39. The van der Waals surface area contributed by atoms with E-state index in [1.54, 1.807) is 0 Å². The lowest BCUT2D eigenvalue weighted by Gasteiger charge is -2.35. The van der Waals surface area contributed by atoms with Crippen LogP contribution in [0.15, 0.2) is 24.3 Å². The maximum Gasteiger partial charge on any atom is 0.226 e. The summed E-state index contributed by atoms with van der Waals surface area (Å²) in [7, 11) is 0. The number of fused-ring (bicyclic) bond motifs is 1. The Balaban J connectivity index is 1.69. The summed E-state index contributed by atoms with van der Waals surface area (Å²) in [4.78, 5) is 14.7. The van der Waals surface area contributed by atoms with Crippen molar-refractivity contribution in [1.82, 2.24) is 10.2 Å². The predicted octanol–water partition coefficient (Wildman–Crippen LogP) is 1.61. The summed E-state index contributed by atoms with van der Waals surface area (Å²) in [5.41, 5.74) is 2.80. The van der Waals surface area contributed by atoms with Gasteiger partial charge in [0.15, 0.2) is 0 Å². The van der Waals surface area contributed by atoms with Gasteiger partial charge in [-0.05, 0) is 37.3 Å². The average Bonchev–Trinajstić information content (AvgIpc) is 2.46. The molecule has 1 amide bonds. The number of hydrogen-bond donors (Lipinski definition) is 1. The molecule has 3 nitrogen and oxygen atoms in total. The van der Waals surface area contributed by atoms with Crippen molar-refractivity contribution in [2.24, 2.45) is 5.92 Å². The van der Waals surface area contributed by atoms with Gasteiger partial charge < -0.3 is 10.2 Å². The fourth-order valence-electron chi connectivity index (χ4n) is 3.30. The van der Waals surface area contributed by atoms with E-state index in [0.717, 1.165) is 38.9 Å². The summed E-state index contributed by atoms with van der Waals surface area (Å²) in [5.74, 6) is 0.558. The molecule has 1 saturated heterocycles.